The highest BCUT2D eigenvalue weighted by molar-refractivity contribution is 9.10. The molecule has 0 saturated heterocycles. The second kappa shape index (κ2) is 13.0. The first-order valence-electron chi connectivity index (χ1n) is 14.9. The van der Waals surface area contributed by atoms with E-state index in [4.69, 9.17) is 0 Å². The summed E-state index contributed by atoms with van der Waals surface area (Å²) < 4.78 is 7.49. The lowest BCUT2D eigenvalue weighted by atomic mass is 10.1. The molecule has 0 spiro atoms. The van der Waals surface area contributed by atoms with E-state index in [1.165, 1.54) is 121 Å². The highest BCUT2D eigenvalue weighted by Gasteiger charge is 2.17. The van der Waals surface area contributed by atoms with E-state index in [2.05, 4.69) is 103 Å². The Hall–Kier alpha value is -1.78. The summed E-state index contributed by atoms with van der Waals surface area (Å²) in [6, 6.07) is 18.6. The molecule has 4 heteroatoms. The van der Waals surface area contributed by atoms with Crippen LogP contribution in [0.5, 0.6) is 0 Å². The van der Waals surface area contributed by atoms with E-state index >= 15 is 0 Å². The third kappa shape index (κ3) is 5.87. The lowest BCUT2D eigenvalue weighted by Gasteiger charge is -2.09. The fourth-order valence-electron chi connectivity index (χ4n) is 6.21. The van der Waals surface area contributed by atoms with E-state index in [1.54, 1.807) is 0 Å². The Kier molecular flexibility index (Phi) is 9.54. The van der Waals surface area contributed by atoms with Gasteiger partial charge in [-0.1, -0.05) is 122 Å². The Morgan fingerprint density at radius 2 is 0.816 bits per heavy atom. The van der Waals surface area contributed by atoms with Gasteiger partial charge in [-0.15, -0.1) is 0 Å². The van der Waals surface area contributed by atoms with Gasteiger partial charge in [-0.3, -0.25) is 0 Å². The molecule has 0 aliphatic carbocycles. The predicted molar refractivity (Wildman–Crippen MR) is 175 cm³/mol. The van der Waals surface area contributed by atoms with Crippen LogP contribution < -0.4 is 0 Å². The second-order valence-electron chi connectivity index (χ2n) is 11.0. The van der Waals surface area contributed by atoms with Crippen molar-refractivity contribution in [3.63, 3.8) is 0 Å². The van der Waals surface area contributed by atoms with Crippen molar-refractivity contribution in [2.24, 2.45) is 0 Å². The van der Waals surface area contributed by atoms with Crippen molar-refractivity contribution in [1.29, 1.82) is 0 Å². The first-order valence-corrected chi connectivity index (χ1v) is 16.5. The average molecular weight is 639 g/mol. The van der Waals surface area contributed by atoms with Crippen LogP contribution in [0.15, 0.2) is 57.5 Å². The zero-order chi connectivity index (χ0) is 26.5. The molecule has 3 aromatic carbocycles. The molecule has 0 amide bonds. The third-order valence-electron chi connectivity index (χ3n) is 8.25. The van der Waals surface area contributed by atoms with Crippen LogP contribution in [0, 0.1) is 0 Å². The van der Waals surface area contributed by atoms with Gasteiger partial charge in [0.1, 0.15) is 0 Å². The number of halogens is 2. The molecule has 0 bridgehead atoms. The molecule has 5 rings (SSSR count). The smallest absolute Gasteiger partial charge is 0.0502 e. The molecule has 0 atom stereocenters. The monoisotopic (exact) mass is 636 g/mol. The van der Waals surface area contributed by atoms with Crippen LogP contribution in [0.3, 0.4) is 0 Å². The highest BCUT2D eigenvalue weighted by Crippen LogP contribution is 2.38. The fourth-order valence-corrected chi connectivity index (χ4v) is 6.91. The highest BCUT2D eigenvalue weighted by atomic mass is 79.9. The number of aromatic nitrogens is 2. The largest absolute Gasteiger partial charge is 0.340 e. The Balaban J connectivity index is 1.57. The van der Waals surface area contributed by atoms with E-state index in [0.717, 1.165) is 22.0 Å². The second-order valence-corrected chi connectivity index (χ2v) is 12.9. The van der Waals surface area contributed by atoms with Gasteiger partial charge in [-0.2, -0.15) is 0 Å². The van der Waals surface area contributed by atoms with E-state index in [9.17, 15) is 0 Å². The lowest BCUT2D eigenvalue weighted by molar-refractivity contribution is 0.570. The lowest BCUT2D eigenvalue weighted by Crippen LogP contribution is -1.99. The van der Waals surface area contributed by atoms with Crippen molar-refractivity contribution in [2.75, 3.05) is 0 Å². The number of fused-ring (bicyclic) bond motifs is 6. The summed E-state index contributed by atoms with van der Waals surface area (Å²) in [5.41, 5.74) is 5.46. The van der Waals surface area contributed by atoms with E-state index in [1.807, 2.05) is 0 Å². The molecule has 5 aromatic rings. The van der Waals surface area contributed by atoms with Crippen LogP contribution in [-0.2, 0) is 13.1 Å². The molecule has 0 N–H and O–H groups in total. The molecule has 202 valence electrons. The van der Waals surface area contributed by atoms with Crippen LogP contribution in [0.25, 0.3) is 43.6 Å². The fraction of sp³-hybridized carbons (Fsp3) is 0.471. The maximum atomic E-state index is 3.75. The number of nitrogens with zero attached hydrogens (tertiary/aromatic N) is 2. The SMILES string of the molecule is CCCCCCCCn1c2cc(Br)ccc2c2cc3c(cc21)c1ccc(Br)cc1n3CCCCCCCC. The normalized spacial score (nSPS) is 12.1. The van der Waals surface area contributed by atoms with E-state index in [-0.39, 0.29) is 0 Å². The molecule has 0 radical (unpaired) electrons. The summed E-state index contributed by atoms with van der Waals surface area (Å²) in [6.07, 6.45) is 15.8. The molecule has 0 aliphatic rings. The van der Waals surface area contributed by atoms with Crippen molar-refractivity contribution in [2.45, 2.75) is 104 Å². The van der Waals surface area contributed by atoms with Crippen molar-refractivity contribution in [1.82, 2.24) is 9.13 Å². The molecular weight excluding hydrogens is 596 g/mol. The summed E-state index contributed by atoms with van der Waals surface area (Å²) >= 11 is 7.50. The first-order chi connectivity index (χ1) is 18.6. The molecule has 0 fully saturated rings. The van der Waals surface area contributed by atoms with Crippen molar-refractivity contribution >= 4 is 75.5 Å². The van der Waals surface area contributed by atoms with Crippen LogP contribution in [0.4, 0.5) is 0 Å². The van der Waals surface area contributed by atoms with Gasteiger partial charge in [-0.25, -0.2) is 0 Å². The molecule has 0 saturated carbocycles. The summed E-state index contributed by atoms with van der Waals surface area (Å²) in [5, 5.41) is 5.51. The maximum absolute atomic E-state index is 3.75. The summed E-state index contributed by atoms with van der Waals surface area (Å²) in [5.74, 6) is 0. The van der Waals surface area contributed by atoms with Crippen molar-refractivity contribution in [3.8, 4) is 0 Å². The molecule has 0 unspecified atom stereocenters. The van der Waals surface area contributed by atoms with Gasteiger partial charge in [-0.05, 0) is 49.2 Å². The molecule has 2 aromatic heterocycles. The van der Waals surface area contributed by atoms with Gasteiger partial charge in [0, 0.05) is 54.6 Å². The van der Waals surface area contributed by atoms with Gasteiger partial charge in [0.2, 0.25) is 0 Å². The standard InChI is InChI=1S/C34H42Br2N2/c1-3-5-7-9-11-13-19-37-31-21-25(35)15-17-27(31)29-24-34-30(23-33(29)37)28-18-16-26(36)22-32(28)38(34)20-14-12-10-8-6-4-2/h15-18,21-24H,3-14,19-20H2,1-2H3. The zero-order valence-electron chi connectivity index (χ0n) is 23.2. The number of aryl methyl sites for hydroxylation is 2. The summed E-state index contributed by atoms with van der Waals surface area (Å²) in [6.45, 7) is 6.74. The maximum Gasteiger partial charge on any atom is 0.0502 e. The topological polar surface area (TPSA) is 9.86 Å². The summed E-state index contributed by atoms with van der Waals surface area (Å²) in [4.78, 5) is 0. The number of hydrogen-bond donors (Lipinski definition) is 0. The number of rotatable bonds is 14. The Bertz CT molecular complexity index is 1410. The predicted octanol–water partition coefficient (Wildman–Crippen LogP) is 12.1. The van der Waals surface area contributed by atoms with Crippen LogP contribution >= 0.6 is 31.9 Å². The van der Waals surface area contributed by atoms with Gasteiger partial charge in [0.25, 0.3) is 0 Å². The number of unbranched alkanes of at least 4 members (excludes halogenated alkanes) is 10. The minimum atomic E-state index is 1.08. The minimum Gasteiger partial charge on any atom is -0.340 e. The van der Waals surface area contributed by atoms with Gasteiger partial charge >= 0.3 is 0 Å². The van der Waals surface area contributed by atoms with Crippen molar-refractivity contribution in [3.05, 3.63) is 57.5 Å². The van der Waals surface area contributed by atoms with Crippen LogP contribution in [0.2, 0.25) is 0 Å². The molecule has 38 heavy (non-hydrogen) atoms. The van der Waals surface area contributed by atoms with Crippen LogP contribution in [-0.4, -0.2) is 9.13 Å². The van der Waals surface area contributed by atoms with Gasteiger partial charge in [0.05, 0.1) is 11.0 Å². The molecule has 0 aliphatic heterocycles. The Labute approximate surface area is 245 Å². The quantitative estimate of drug-likeness (QED) is 0.107. The number of benzene rings is 3. The Morgan fingerprint density at radius 3 is 1.24 bits per heavy atom. The average Bonchev–Trinajstić information content (AvgIpc) is 3.37. The third-order valence-corrected chi connectivity index (χ3v) is 9.23. The van der Waals surface area contributed by atoms with Gasteiger partial charge in [0.15, 0.2) is 0 Å². The number of hydrogen-bond acceptors (Lipinski definition) is 0. The van der Waals surface area contributed by atoms with E-state index < -0.39 is 0 Å². The van der Waals surface area contributed by atoms with Gasteiger partial charge < -0.3 is 9.13 Å². The molecular formula is C34H42Br2N2. The van der Waals surface area contributed by atoms with Crippen LogP contribution in [0.1, 0.15) is 90.9 Å². The minimum absolute atomic E-state index is 1.08. The molecule has 2 nitrogen and oxygen atoms in total. The zero-order valence-corrected chi connectivity index (χ0v) is 26.3. The van der Waals surface area contributed by atoms with E-state index in [0.29, 0.717) is 0 Å². The Morgan fingerprint density at radius 1 is 0.447 bits per heavy atom. The first kappa shape index (κ1) is 27.8. The summed E-state index contributed by atoms with van der Waals surface area (Å²) in [7, 11) is 0. The molecule has 2 heterocycles. The van der Waals surface area contributed by atoms with Crippen molar-refractivity contribution < 1.29 is 0 Å².